The number of aromatic nitrogens is 5. The minimum Gasteiger partial charge on any atom is -0.355 e. The number of hydrogen-bond donors (Lipinski definition) is 2. The zero-order valence-corrected chi connectivity index (χ0v) is 19.3. The van der Waals surface area contributed by atoms with Crippen LogP contribution in [0.1, 0.15) is 53.9 Å². The second-order valence-electron chi connectivity index (χ2n) is 9.57. The Morgan fingerprint density at radius 3 is 2.63 bits per heavy atom. The first-order valence-electron chi connectivity index (χ1n) is 10.8. The van der Waals surface area contributed by atoms with Crippen LogP contribution in [0.4, 0.5) is 11.9 Å². The summed E-state index contributed by atoms with van der Waals surface area (Å²) in [5, 5.41) is 15.5. The maximum absolute atomic E-state index is 13.1. The van der Waals surface area contributed by atoms with Crippen LogP contribution in [-0.4, -0.2) is 66.8 Å². The maximum atomic E-state index is 13.1. The van der Waals surface area contributed by atoms with Gasteiger partial charge in [-0.25, -0.2) is 4.40 Å². The summed E-state index contributed by atoms with van der Waals surface area (Å²) in [7, 11) is 0. The molecule has 2 N–H and O–H groups in total. The summed E-state index contributed by atoms with van der Waals surface area (Å²) in [6, 6.07) is 0.352. The fraction of sp³-hybridized carbons (Fsp3) is 0.750. The lowest BCUT2D eigenvalue weighted by Gasteiger charge is -2.39. The standard InChI is InChI=1S/C20H32N8OS/c1-6-21-15-23-16(22-7-2)28-17(24-15)25-26-18(28)30-10-14(29)27-12-20(5)9-13(27)8-19(3,4)11-20/h13H,6-12H2,1-5H3,(H2,21,22,23,24,25)/t13-,20+/m1/s1. The highest BCUT2D eigenvalue weighted by Crippen LogP contribution is 2.52. The van der Waals surface area contributed by atoms with Gasteiger partial charge in [0.2, 0.25) is 17.8 Å². The van der Waals surface area contributed by atoms with E-state index >= 15 is 0 Å². The molecule has 1 saturated heterocycles. The van der Waals surface area contributed by atoms with Gasteiger partial charge in [-0.05, 0) is 43.9 Å². The van der Waals surface area contributed by atoms with Crippen molar-refractivity contribution in [2.75, 3.05) is 36.0 Å². The molecule has 2 bridgehead atoms. The van der Waals surface area contributed by atoms with Crippen LogP contribution in [0.3, 0.4) is 0 Å². The van der Waals surface area contributed by atoms with E-state index in [1.165, 1.54) is 18.2 Å². The molecule has 2 aliphatic rings. The smallest absolute Gasteiger partial charge is 0.261 e. The van der Waals surface area contributed by atoms with Crippen molar-refractivity contribution in [1.82, 2.24) is 29.5 Å². The maximum Gasteiger partial charge on any atom is 0.261 e. The first-order chi connectivity index (χ1) is 14.2. The number of rotatable bonds is 7. The third-order valence-corrected chi connectivity index (χ3v) is 6.89. The summed E-state index contributed by atoms with van der Waals surface area (Å²) in [5.41, 5.74) is 0.536. The number of carbonyl (C=O) groups is 1. The van der Waals surface area contributed by atoms with Crippen LogP contribution in [0, 0.1) is 10.8 Å². The Morgan fingerprint density at radius 1 is 1.13 bits per heavy atom. The van der Waals surface area contributed by atoms with Gasteiger partial charge in [0.25, 0.3) is 5.78 Å². The summed E-state index contributed by atoms with van der Waals surface area (Å²) in [6.45, 7) is 13.3. The fourth-order valence-electron chi connectivity index (χ4n) is 5.36. The normalized spacial score (nSPS) is 25.0. The van der Waals surface area contributed by atoms with Crippen molar-refractivity contribution in [2.24, 2.45) is 10.8 Å². The molecule has 2 atom stereocenters. The monoisotopic (exact) mass is 432 g/mol. The molecule has 9 nitrogen and oxygen atoms in total. The summed E-state index contributed by atoms with van der Waals surface area (Å²) in [5.74, 6) is 2.14. The molecule has 4 rings (SSSR count). The van der Waals surface area contributed by atoms with E-state index in [1.807, 2.05) is 13.8 Å². The van der Waals surface area contributed by atoms with Gasteiger partial charge in [0.15, 0.2) is 5.16 Å². The van der Waals surface area contributed by atoms with E-state index in [9.17, 15) is 4.79 Å². The zero-order valence-electron chi connectivity index (χ0n) is 18.5. The Labute approximate surface area is 181 Å². The molecule has 1 saturated carbocycles. The van der Waals surface area contributed by atoms with Gasteiger partial charge in [0.05, 0.1) is 5.75 Å². The minimum atomic E-state index is 0.179. The molecule has 2 aromatic rings. The Kier molecular flexibility index (Phi) is 5.54. The van der Waals surface area contributed by atoms with Gasteiger partial charge in [0, 0.05) is 25.7 Å². The molecule has 1 amide bonds. The molecule has 0 spiro atoms. The van der Waals surface area contributed by atoms with Crippen LogP contribution < -0.4 is 10.6 Å². The van der Waals surface area contributed by atoms with E-state index in [-0.39, 0.29) is 11.3 Å². The van der Waals surface area contributed by atoms with Crippen molar-refractivity contribution >= 4 is 35.3 Å². The van der Waals surface area contributed by atoms with Crippen LogP contribution in [0.2, 0.25) is 0 Å². The number of anilines is 2. The molecule has 2 aromatic heterocycles. The van der Waals surface area contributed by atoms with Crippen LogP contribution in [0.25, 0.3) is 5.78 Å². The lowest BCUT2D eigenvalue weighted by Crippen LogP contribution is -2.38. The molecular formula is C20H32N8OS. The number of nitrogens with zero attached hydrogens (tertiary/aromatic N) is 6. The lowest BCUT2D eigenvalue weighted by atomic mass is 9.65. The van der Waals surface area contributed by atoms with Crippen molar-refractivity contribution in [1.29, 1.82) is 0 Å². The van der Waals surface area contributed by atoms with E-state index in [2.05, 4.69) is 56.5 Å². The van der Waals surface area contributed by atoms with E-state index < -0.39 is 0 Å². The van der Waals surface area contributed by atoms with Crippen molar-refractivity contribution < 1.29 is 4.79 Å². The van der Waals surface area contributed by atoms with Gasteiger partial charge in [-0.1, -0.05) is 32.5 Å². The van der Waals surface area contributed by atoms with Gasteiger partial charge in [-0.15, -0.1) is 10.2 Å². The molecule has 3 heterocycles. The second-order valence-corrected chi connectivity index (χ2v) is 10.5. The van der Waals surface area contributed by atoms with E-state index in [1.54, 1.807) is 4.40 Å². The quantitative estimate of drug-likeness (QED) is 0.644. The third-order valence-electron chi connectivity index (χ3n) is 5.98. The summed E-state index contributed by atoms with van der Waals surface area (Å²) < 4.78 is 1.79. The number of fused-ring (bicyclic) bond motifs is 3. The molecule has 0 radical (unpaired) electrons. The average molecular weight is 433 g/mol. The van der Waals surface area contributed by atoms with Crippen molar-refractivity contribution in [3.63, 3.8) is 0 Å². The number of hydrogen-bond acceptors (Lipinski definition) is 8. The molecule has 164 valence electrons. The number of carbonyl (C=O) groups excluding carboxylic acids is 1. The molecule has 1 aliphatic heterocycles. The molecule has 10 heteroatoms. The number of thioether (sulfide) groups is 1. The molecule has 0 aromatic carbocycles. The lowest BCUT2D eigenvalue weighted by molar-refractivity contribution is -0.129. The fourth-order valence-corrected chi connectivity index (χ4v) is 6.17. The average Bonchev–Trinajstić information content (AvgIpc) is 3.17. The summed E-state index contributed by atoms with van der Waals surface area (Å²) >= 11 is 1.40. The van der Waals surface area contributed by atoms with Crippen molar-refractivity contribution in [3.05, 3.63) is 0 Å². The summed E-state index contributed by atoms with van der Waals surface area (Å²) in [4.78, 5) is 24.2. The highest BCUT2D eigenvalue weighted by molar-refractivity contribution is 7.99. The van der Waals surface area contributed by atoms with E-state index in [0.717, 1.165) is 25.9 Å². The zero-order chi connectivity index (χ0) is 21.5. The van der Waals surface area contributed by atoms with Gasteiger partial charge in [0.1, 0.15) is 0 Å². The minimum absolute atomic E-state index is 0.179. The number of likely N-dealkylation sites (tertiary alicyclic amines) is 1. The van der Waals surface area contributed by atoms with Gasteiger partial charge >= 0.3 is 0 Å². The molecular weight excluding hydrogens is 400 g/mol. The molecule has 1 aliphatic carbocycles. The summed E-state index contributed by atoms with van der Waals surface area (Å²) in [6.07, 6.45) is 3.38. The molecule has 30 heavy (non-hydrogen) atoms. The third kappa shape index (κ3) is 4.06. The Hall–Kier alpha value is -2.10. The Balaban J connectivity index is 1.51. The van der Waals surface area contributed by atoms with Crippen molar-refractivity contribution in [2.45, 2.75) is 65.1 Å². The highest BCUT2D eigenvalue weighted by atomic mass is 32.2. The van der Waals surface area contributed by atoms with Crippen LogP contribution in [-0.2, 0) is 4.79 Å². The number of nitrogens with one attached hydrogen (secondary N) is 2. The van der Waals surface area contributed by atoms with Gasteiger partial charge in [-0.3, -0.25) is 4.79 Å². The SMILES string of the molecule is CCNc1nc(NCC)n2c(SCC(=O)N3C[C@@]4(C)C[C@H]3CC(C)(C)C4)nnc2n1. The highest BCUT2D eigenvalue weighted by Gasteiger charge is 2.50. The number of amides is 1. The van der Waals surface area contributed by atoms with Crippen molar-refractivity contribution in [3.8, 4) is 0 Å². The van der Waals surface area contributed by atoms with Crippen LogP contribution in [0.15, 0.2) is 5.16 Å². The van der Waals surface area contributed by atoms with Gasteiger partial charge in [-0.2, -0.15) is 9.97 Å². The van der Waals surface area contributed by atoms with E-state index in [4.69, 9.17) is 0 Å². The van der Waals surface area contributed by atoms with E-state index in [0.29, 0.717) is 46.6 Å². The van der Waals surface area contributed by atoms with Gasteiger partial charge < -0.3 is 15.5 Å². The predicted octanol–water partition coefficient (Wildman–Crippen LogP) is 2.90. The first kappa shape index (κ1) is 21.1. The second kappa shape index (κ2) is 7.86. The largest absolute Gasteiger partial charge is 0.355 e. The Bertz CT molecular complexity index is 944. The molecule has 2 fully saturated rings. The van der Waals surface area contributed by atoms with Crippen LogP contribution >= 0.6 is 11.8 Å². The topological polar surface area (TPSA) is 100 Å². The predicted molar refractivity (Wildman–Crippen MR) is 119 cm³/mol. The Morgan fingerprint density at radius 2 is 1.90 bits per heavy atom. The first-order valence-corrected chi connectivity index (χ1v) is 11.8. The molecule has 0 unspecified atom stereocenters. The van der Waals surface area contributed by atoms with Crippen LogP contribution in [0.5, 0.6) is 0 Å².